The number of aliphatic hydroxyl groups is 1. The zero-order valence-corrected chi connectivity index (χ0v) is 14.0. The van der Waals surface area contributed by atoms with Gasteiger partial charge >= 0.3 is 0 Å². The second kappa shape index (κ2) is 6.75. The Morgan fingerprint density at radius 3 is 2.20 bits per heavy atom. The fourth-order valence-corrected chi connectivity index (χ4v) is 2.88. The molecule has 0 fully saturated rings. The number of benzene rings is 2. The summed E-state index contributed by atoms with van der Waals surface area (Å²) >= 11 is 9.38. The molecule has 0 bridgehead atoms. The molecule has 1 nitrogen and oxygen atoms in total. The Bertz CT molecular complexity index is 610. The van der Waals surface area contributed by atoms with E-state index in [1.54, 1.807) is 6.07 Å². The number of aliphatic hydroxyl groups excluding tert-OH is 1. The van der Waals surface area contributed by atoms with Crippen LogP contribution in [0.1, 0.15) is 42.2 Å². The summed E-state index contributed by atoms with van der Waals surface area (Å²) in [6, 6.07) is 11.7. The summed E-state index contributed by atoms with van der Waals surface area (Å²) in [7, 11) is 0. The zero-order valence-electron chi connectivity index (χ0n) is 11.7. The molecule has 0 aliphatic heterocycles. The van der Waals surface area contributed by atoms with E-state index in [0.29, 0.717) is 5.02 Å². The van der Waals surface area contributed by atoms with Gasteiger partial charge in [0.1, 0.15) is 6.10 Å². The van der Waals surface area contributed by atoms with E-state index in [-0.39, 0.29) is 0 Å². The zero-order chi connectivity index (χ0) is 14.7. The largest absolute Gasteiger partial charge is 0.384 e. The smallest absolute Gasteiger partial charge is 0.104 e. The Kier molecular flexibility index (Phi) is 5.25. The molecule has 106 valence electrons. The minimum Gasteiger partial charge on any atom is -0.384 e. The van der Waals surface area contributed by atoms with E-state index in [2.05, 4.69) is 41.9 Å². The van der Waals surface area contributed by atoms with Crippen LogP contribution in [0.15, 0.2) is 40.9 Å². The normalized spacial score (nSPS) is 12.4. The van der Waals surface area contributed by atoms with Crippen LogP contribution < -0.4 is 0 Å². The second-order valence-corrected chi connectivity index (χ2v) is 6.07. The second-order valence-electron chi connectivity index (χ2n) is 4.81. The van der Waals surface area contributed by atoms with Crippen LogP contribution in [0.25, 0.3) is 0 Å². The van der Waals surface area contributed by atoms with Crippen LogP contribution in [0.4, 0.5) is 0 Å². The first kappa shape index (κ1) is 15.6. The molecule has 0 saturated carbocycles. The van der Waals surface area contributed by atoms with E-state index in [9.17, 15) is 5.11 Å². The lowest BCUT2D eigenvalue weighted by atomic mass is 9.95. The Morgan fingerprint density at radius 2 is 1.60 bits per heavy atom. The van der Waals surface area contributed by atoms with Crippen molar-refractivity contribution < 1.29 is 5.11 Å². The van der Waals surface area contributed by atoms with Crippen LogP contribution in [0, 0.1) is 0 Å². The Balaban J connectivity index is 2.37. The molecule has 1 atom stereocenters. The molecule has 0 amide bonds. The van der Waals surface area contributed by atoms with Crippen LogP contribution in [0.3, 0.4) is 0 Å². The van der Waals surface area contributed by atoms with Crippen molar-refractivity contribution in [3.05, 3.63) is 68.1 Å². The van der Waals surface area contributed by atoms with Crippen LogP contribution in [-0.2, 0) is 12.8 Å². The van der Waals surface area contributed by atoms with Gasteiger partial charge in [-0.1, -0.05) is 49.7 Å². The molecule has 0 radical (unpaired) electrons. The third kappa shape index (κ3) is 3.25. The molecule has 0 spiro atoms. The molecule has 2 aromatic carbocycles. The fraction of sp³-hybridized carbons (Fsp3) is 0.294. The van der Waals surface area contributed by atoms with Crippen LogP contribution >= 0.6 is 27.5 Å². The molecule has 0 aromatic heterocycles. The summed E-state index contributed by atoms with van der Waals surface area (Å²) < 4.78 is 0.802. The molecule has 1 unspecified atom stereocenters. The van der Waals surface area contributed by atoms with E-state index in [0.717, 1.165) is 28.4 Å². The highest BCUT2D eigenvalue weighted by Crippen LogP contribution is 2.30. The minimum atomic E-state index is -0.625. The van der Waals surface area contributed by atoms with Gasteiger partial charge in [0, 0.05) is 4.47 Å². The molecule has 2 rings (SSSR count). The summed E-state index contributed by atoms with van der Waals surface area (Å²) in [5.74, 6) is 0. The third-order valence-electron chi connectivity index (χ3n) is 3.57. The molecule has 0 aliphatic rings. The lowest BCUT2D eigenvalue weighted by Crippen LogP contribution is -2.02. The van der Waals surface area contributed by atoms with Crippen LogP contribution in [-0.4, -0.2) is 5.11 Å². The summed E-state index contributed by atoms with van der Waals surface area (Å²) in [6.07, 6.45) is 1.37. The van der Waals surface area contributed by atoms with E-state index >= 15 is 0 Å². The van der Waals surface area contributed by atoms with E-state index in [1.165, 1.54) is 11.1 Å². The quantitative estimate of drug-likeness (QED) is 0.790. The van der Waals surface area contributed by atoms with Crippen LogP contribution in [0.2, 0.25) is 5.02 Å². The maximum Gasteiger partial charge on any atom is 0.104 e. The number of aryl methyl sites for hydroxylation is 2. The summed E-state index contributed by atoms with van der Waals surface area (Å²) in [5, 5.41) is 11.2. The van der Waals surface area contributed by atoms with E-state index in [4.69, 9.17) is 11.6 Å². The number of rotatable bonds is 4. The lowest BCUT2D eigenvalue weighted by molar-refractivity contribution is 0.220. The predicted molar refractivity (Wildman–Crippen MR) is 88.4 cm³/mol. The molecule has 1 N–H and O–H groups in total. The number of hydrogen-bond donors (Lipinski definition) is 1. The molecular formula is C17H18BrClO. The molecule has 20 heavy (non-hydrogen) atoms. The van der Waals surface area contributed by atoms with Gasteiger partial charge in [-0.3, -0.25) is 0 Å². The van der Waals surface area contributed by atoms with Crippen molar-refractivity contribution in [1.29, 1.82) is 0 Å². The highest BCUT2D eigenvalue weighted by Gasteiger charge is 2.13. The Morgan fingerprint density at radius 1 is 1.00 bits per heavy atom. The van der Waals surface area contributed by atoms with Crippen molar-refractivity contribution in [3.63, 3.8) is 0 Å². The average molecular weight is 354 g/mol. The minimum absolute atomic E-state index is 0.625. The summed E-state index contributed by atoms with van der Waals surface area (Å²) in [5.41, 5.74) is 4.42. The predicted octanol–water partition coefficient (Wildman–Crippen LogP) is 5.31. The maximum atomic E-state index is 10.5. The average Bonchev–Trinajstić information content (AvgIpc) is 2.48. The van der Waals surface area contributed by atoms with Gasteiger partial charge in [-0.2, -0.15) is 0 Å². The first-order valence-electron chi connectivity index (χ1n) is 6.81. The van der Waals surface area contributed by atoms with E-state index in [1.807, 2.05) is 18.2 Å². The van der Waals surface area contributed by atoms with Crippen molar-refractivity contribution >= 4 is 27.5 Å². The molecular weight excluding hydrogens is 336 g/mol. The van der Waals surface area contributed by atoms with Crippen molar-refractivity contribution in [1.82, 2.24) is 0 Å². The Hall–Kier alpha value is -0.830. The fourth-order valence-electron chi connectivity index (χ4n) is 2.36. The first-order valence-corrected chi connectivity index (χ1v) is 7.98. The van der Waals surface area contributed by atoms with Gasteiger partial charge in [-0.15, -0.1) is 0 Å². The third-order valence-corrected chi connectivity index (χ3v) is 4.78. The van der Waals surface area contributed by atoms with Crippen molar-refractivity contribution in [2.75, 3.05) is 0 Å². The Labute approximate surface area is 133 Å². The number of halogens is 2. The van der Waals surface area contributed by atoms with Gasteiger partial charge in [-0.25, -0.2) is 0 Å². The van der Waals surface area contributed by atoms with Gasteiger partial charge in [0.15, 0.2) is 0 Å². The van der Waals surface area contributed by atoms with Gasteiger partial charge in [0.05, 0.1) is 5.02 Å². The highest BCUT2D eigenvalue weighted by atomic mass is 79.9. The summed E-state index contributed by atoms with van der Waals surface area (Å²) in [4.78, 5) is 0. The molecule has 0 aliphatic carbocycles. The lowest BCUT2D eigenvalue weighted by Gasteiger charge is -2.15. The van der Waals surface area contributed by atoms with Crippen molar-refractivity contribution in [3.8, 4) is 0 Å². The highest BCUT2D eigenvalue weighted by molar-refractivity contribution is 9.10. The first-order chi connectivity index (χ1) is 9.56. The van der Waals surface area contributed by atoms with Crippen molar-refractivity contribution in [2.45, 2.75) is 32.8 Å². The standard InChI is InChI=1S/C17H18BrClO/c1-3-11-5-6-13(9-12(11)4-2)17(20)14-7-8-16(19)15(18)10-14/h5-10,17,20H,3-4H2,1-2H3. The van der Waals surface area contributed by atoms with Gasteiger partial charge in [0.25, 0.3) is 0 Å². The molecule has 0 saturated heterocycles. The van der Waals surface area contributed by atoms with Gasteiger partial charge in [0.2, 0.25) is 0 Å². The van der Waals surface area contributed by atoms with Crippen LogP contribution in [0.5, 0.6) is 0 Å². The van der Waals surface area contributed by atoms with Gasteiger partial charge < -0.3 is 5.11 Å². The molecule has 3 heteroatoms. The SMILES string of the molecule is CCc1ccc(C(O)c2ccc(Cl)c(Br)c2)cc1CC. The van der Waals surface area contributed by atoms with Gasteiger partial charge in [-0.05, 0) is 63.2 Å². The molecule has 2 aromatic rings. The van der Waals surface area contributed by atoms with Crippen molar-refractivity contribution in [2.24, 2.45) is 0 Å². The topological polar surface area (TPSA) is 20.2 Å². The van der Waals surface area contributed by atoms with E-state index < -0.39 is 6.10 Å². The number of hydrogen-bond acceptors (Lipinski definition) is 1. The molecule has 0 heterocycles. The monoisotopic (exact) mass is 352 g/mol. The summed E-state index contributed by atoms with van der Waals surface area (Å²) in [6.45, 7) is 4.30. The maximum absolute atomic E-state index is 10.5.